The van der Waals surface area contributed by atoms with E-state index in [1.165, 1.54) is 0 Å². The molecule has 5 nitrogen and oxygen atoms in total. The van der Waals surface area contributed by atoms with E-state index in [1.807, 2.05) is 44.2 Å². The monoisotopic (exact) mass is 371 g/mol. The number of rotatable bonds is 9. The van der Waals surface area contributed by atoms with Gasteiger partial charge in [-0.25, -0.2) is 0 Å². The van der Waals surface area contributed by atoms with Gasteiger partial charge < -0.3 is 19.5 Å². The Kier molecular flexibility index (Phi) is 7.53. The zero-order valence-electron chi connectivity index (χ0n) is 16.7. The van der Waals surface area contributed by atoms with E-state index in [2.05, 4.69) is 31.3 Å². The lowest BCUT2D eigenvalue weighted by atomic mass is 10.0. The molecule has 1 atom stereocenters. The Morgan fingerprint density at radius 1 is 1.00 bits per heavy atom. The smallest absolute Gasteiger partial charge is 0.258 e. The molecule has 5 heteroatoms. The minimum atomic E-state index is -0.169. The van der Waals surface area contributed by atoms with Crippen LogP contribution in [0.3, 0.4) is 0 Å². The quantitative estimate of drug-likeness (QED) is 0.721. The molecule has 0 spiro atoms. The van der Waals surface area contributed by atoms with Crippen LogP contribution < -0.4 is 19.5 Å². The van der Waals surface area contributed by atoms with Gasteiger partial charge in [-0.1, -0.05) is 26.0 Å². The average molecular weight is 371 g/mol. The van der Waals surface area contributed by atoms with Gasteiger partial charge in [0.15, 0.2) is 6.61 Å². The second-order valence-electron chi connectivity index (χ2n) is 6.94. The first kappa shape index (κ1) is 20.6. The zero-order chi connectivity index (χ0) is 19.8. The van der Waals surface area contributed by atoms with Crippen LogP contribution >= 0.6 is 0 Å². The van der Waals surface area contributed by atoms with Crippen molar-refractivity contribution in [2.75, 3.05) is 20.3 Å². The van der Waals surface area contributed by atoms with Crippen LogP contribution in [0.25, 0.3) is 0 Å². The fourth-order valence-electron chi connectivity index (χ4n) is 2.64. The van der Waals surface area contributed by atoms with Gasteiger partial charge in [0.05, 0.1) is 13.2 Å². The standard InChI is InChI=1S/C22H29NO4/c1-15(2)20-11-6-16(3)12-21(20)27-14-22(24)23-17(4)13-26-19-9-7-18(25-5)8-10-19/h6-12,15,17H,13-14H2,1-5H3,(H,23,24)/t17-/m1/s1. The zero-order valence-corrected chi connectivity index (χ0v) is 16.7. The van der Waals surface area contributed by atoms with E-state index in [0.717, 1.165) is 28.4 Å². The third-order valence-corrected chi connectivity index (χ3v) is 4.12. The highest BCUT2D eigenvalue weighted by Gasteiger charge is 2.12. The van der Waals surface area contributed by atoms with Crippen molar-refractivity contribution in [3.63, 3.8) is 0 Å². The molecule has 2 aromatic rings. The van der Waals surface area contributed by atoms with Crippen LogP contribution in [0.15, 0.2) is 42.5 Å². The summed E-state index contributed by atoms with van der Waals surface area (Å²) in [6.45, 7) is 8.48. The van der Waals surface area contributed by atoms with Gasteiger partial charge >= 0.3 is 0 Å². The number of nitrogens with one attached hydrogen (secondary N) is 1. The predicted octanol–water partition coefficient (Wildman–Crippen LogP) is 4.09. The molecule has 0 saturated heterocycles. The van der Waals surface area contributed by atoms with E-state index >= 15 is 0 Å². The van der Waals surface area contributed by atoms with Gasteiger partial charge in [-0.05, 0) is 61.2 Å². The number of hydrogen-bond acceptors (Lipinski definition) is 4. The highest BCUT2D eigenvalue weighted by atomic mass is 16.5. The summed E-state index contributed by atoms with van der Waals surface area (Å²) in [5.74, 6) is 2.44. The molecule has 0 unspecified atom stereocenters. The van der Waals surface area contributed by atoms with E-state index in [1.54, 1.807) is 7.11 Å². The number of carbonyl (C=O) groups is 1. The van der Waals surface area contributed by atoms with Crippen molar-refractivity contribution in [3.05, 3.63) is 53.6 Å². The molecule has 2 rings (SSSR count). The third kappa shape index (κ3) is 6.51. The second-order valence-corrected chi connectivity index (χ2v) is 6.94. The van der Waals surface area contributed by atoms with Crippen molar-refractivity contribution >= 4 is 5.91 Å². The van der Waals surface area contributed by atoms with Crippen LogP contribution in [0, 0.1) is 6.92 Å². The van der Waals surface area contributed by atoms with Gasteiger partial charge in [-0.3, -0.25) is 4.79 Å². The molecule has 0 aliphatic rings. The van der Waals surface area contributed by atoms with Crippen molar-refractivity contribution < 1.29 is 19.0 Å². The van der Waals surface area contributed by atoms with E-state index in [4.69, 9.17) is 14.2 Å². The molecule has 0 aliphatic heterocycles. The lowest BCUT2D eigenvalue weighted by Crippen LogP contribution is -2.39. The molecule has 0 bridgehead atoms. The number of carbonyl (C=O) groups excluding carboxylic acids is 1. The molecule has 27 heavy (non-hydrogen) atoms. The molecule has 0 aliphatic carbocycles. The van der Waals surface area contributed by atoms with Crippen molar-refractivity contribution in [2.24, 2.45) is 0 Å². The average Bonchev–Trinajstić information content (AvgIpc) is 2.65. The first-order valence-corrected chi connectivity index (χ1v) is 9.18. The molecule has 1 amide bonds. The van der Waals surface area contributed by atoms with Crippen LogP contribution in [0.1, 0.15) is 37.8 Å². The van der Waals surface area contributed by atoms with Crippen LogP contribution in [0.5, 0.6) is 17.2 Å². The highest BCUT2D eigenvalue weighted by Crippen LogP contribution is 2.27. The summed E-state index contributed by atoms with van der Waals surface area (Å²) in [7, 11) is 1.62. The Labute approximate surface area is 161 Å². The minimum absolute atomic E-state index is 0.0178. The number of ether oxygens (including phenoxy) is 3. The maximum absolute atomic E-state index is 12.2. The molecule has 0 aromatic heterocycles. The van der Waals surface area contributed by atoms with Gasteiger partial charge in [-0.2, -0.15) is 0 Å². The van der Waals surface area contributed by atoms with E-state index in [-0.39, 0.29) is 18.6 Å². The van der Waals surface area contributed by atoms with Crippen molar-refractivity contribution in [2.45, 2.75) is 39.7 Å². The Morgan fingerprint density at radius 3 is 2.30 bits per heavy atom. The van der Waals surface area contributed by atoms with Gasteiger partial charge in [0, 0.05) is 0 Å². The molecule has 1 N–H and O–H groups in total. The maximum atomic E-state index is 12.2. The Morgan fingerprint density at radius 2 is 1.67 bits per heavy atom. The number of amides is 1. The van der Waals surface area contributed by atoms with Gasteiger partial charge in [0.2, 0.25) is 0 Å². The molecular formula is C22H29NO4. The largest absolute Gasteiger partial charge is 0.497 e. The van der Waals surface area contributed by atoms with Crippen molar-refractivity contribution in [1.29, 1.82) is 0 Å². The maximum Gasteiger partial charge on any atom is 0.258 e. The molecule has 0 fully saturated rings. The Hall–Kier alpha value is -2.69. The summed E-state index contributed by atoms with van der Waals surface area (Å²) in [6, 6.07) is 13.3. The second kappa shape index (κ2) is 9.86. The number of hydrogen-bond donors (Lipinski definition) is 1. The number of benzene rings is 2. The normalized spacial score (nSPS) is 11.8. The number of aryl methyl sites for hydroxylation is 1. The molecule has 0 heterocycles. The molecular weight excluding hydrogens is 342 g/mol. The topological polar surface area (TPSA) is 56.8 Å². The van der Waals surface area contributed by atoms with E-state index < -0.39 is 0 Å². The lowest BCUT2D eigenvalue weighted by molar-refractivity contribution is -0.123. The summed E-state index contributed by atoms with van der Waals surface area (Å²) < 4.78 is 16.6. The van der Waals surface area contributed by atoms with Crippen molar-refractivity contribution in [3.8, 4) is 17.2 Å². The molecule has 0 saturated carbocycles. The first-order valence-electron chi connectivity index (χ1n) is 9.18. The lowest BCUT2D eigenvalue weighted by Gasteiger charge is -2.17. The highest BCUT2D eigenvalue weighted by molar-refractivity contribution is 5.77. The summed E-state index contributed by atoms with van der Waals surface area (Å²) in [4.78, 5) is 12.2. The van der Waals surface area contributed by atoms with Gasteiger partial charge in [0.25, 0.3) is 5.91 Å². The van der Waals surface area contributed by atoms with Crippen LogP contribution in [-0.4, -0.2) is 32.3 Å². The fraction of sp³-hybridized carbons (Fsp3) is 0.409. The van der Waals surface area contributed by atoms with Crippen LogP contribution in [0.4, 0.5) is 0 Å². The SMILES string of the molecule is COc1ccc(OC[C@@H](C)NC(=O)COc2cc(C)ccc2C(C)C)cc1. The molecule has 146 valence electrons. The summed E-state index contributed by atoms with van der Waals surface area (Å²) >= 11 is 0. The Balaban J connectivity index is 1.80. The van der Waals surface area contributed by atoms with Gasteiger partial charge in [-0.15, -0.1) is 0 Å². The minimum Gasteiger partial charge on any atom is -0.497 e. The van der Waals surface area contributed by atoms with Crippen LogP contribution in [-0.2, 0) is 4.79 Å². The van der Waals surface area contributed by atoms with E-state index in [9.17, 15) is 4.79 Å². The van der Waals surface area contributed by atoms with E-state index in [0.29, 0.717) is 12.5 Å². The summed E-state index contributed by atoms with van der Waals surface area (Å²) in [6.07, 6.45) is 0. The Bertz CT molecular complexity index is 740. The first-order chi connectivity index (χ1) is 12.9. The van der Waals surface area contributed by atoms with Crippen LogP contribution in [0.2, 0.25) is 0 Å². The summed E-state index contributed by atoms with van der Waals surface area (Å²) in [5.41, 5.74) is 2.21. The van der Waals surface area contributed by atoms with Gasteiger partial charge in [0.1, 0.15) is 23.9 Å². The predicted molar refractivity (Wildman–Crippen MR) is 107 cm³/mol. The third-order valence-electron chi connectivity index (χ3n) is 4.12. The molecule has 2 aromatic carbocycles. The fourth-order valence-corrected chi connectivity index (χ4v) is 2.64. The van der Waals surface area contributed by atoms with Crippen molar-refractivity contribution in [1.82, 2.24) is 5.32 Å². The number of methoxy groups -OCH3 is 1. The summed E-state index contributed by atoms with van der Waals surface area (Å²) in [5, 5.41) is 2.89. The molecule has 0 radical (unpaired) electrons.